The molecule has 5 nitrogen and oxygen atoms in total. The van der Waals surface area contributed by atoms with Gasteiger partial charge in [0.2, 0.25) is 0 Å². The Morgan fingerprint density at radius 3 is 2.67 bits per heavy atom. The first-order valence-electron chi connectivity index (χ1n) is 6.31. The summed E-state index contributed by atoms with van der Waals surface area (Å²) in [5, 5.41) is 0. The maximum absolute atomic E-state index is 14.0. The van der Waals surface area contributed by atoms with E-state index >= 15 is 0 Å². The molecule has 1 aromatic carbocycles. The number of carbonyl (C=O) groups is 1. The van der Waals surface area contributed by atoms with Gasteiger partial charge in [0.15, 0.2) is 0 Å². The summed E-state index contributed by atoms with van der Waals surface area (Å²) in [5.74, 6) is -1.36. The number of nitrogens with zero attached hydrogens (tertiary/aromatic N) is 1. The van der Waals surface area contributed by atoms with Gasteiger partial charge in [0.1, 0.15) is 5.82 Å². The molecule has 1 unspecified atom stereocenters. The van der Waals surface area contributed by atoms with Crippen LogP contribution in [0.2, 0.25) is 0 Å². The van der Waals surface area contributed by atoms with Crippen LogP contribution in [-0.2, 0) is 13.8 Å². The van der Waals surface area contributed by atoms with Crippen LogP contribution in [0.1, 0.15) is 22.3 Å². The molecule has 116 valence electrons. The number of halogens is 2. The van der Waals surface area contributed by atoms with Gasteiger partial charge in [-0.05, 0) is 31.0 Å². The summed E-state index contributed by atoms with van der Waals surface area (Å²) in [6.07, 6.45) is 0.663. The van der Waals surface area contributed by atoms with E-state index in [1.54, 1.807) is 0 Å². The highest BCUT2D eigenvalue weighted by Gasteiger charge is 2.28. The number of ether oxygens (including phenoxy) is 1. The standard InChI is InChI=1S/C13H15ClFNO4S/c1-8-5-11(15)10(6-12(8)21(14,18)19)13(17)16(2)9-3-4-20-7-9/h5-6,9H,3-4,7H2,1-2H3. The Morgan fingerprint density at radius 2 is 2.14 bits per heavy atom. The van der Waals surface area contributed by atoms with Crippen molar-refractivity contribution in [2.75, 3.05) is 20.3 Å². The third-order valence-electron chi connectivity index (χ3n) is 3.53. The van der Waals surface area contributed by atoms with Crippen molar-refractivity contribution in [3.05, 3.63) is 29.1 Å². The van der Waals surface area contributed by atoms with Gasteiger partial charge in [0.25, 0.3) is 15.0 Å². The Labute approximate surface area is 127 Å². The number of benzene rings is 1. The van der Waals surface area contributed by atoms with Crippen molar-refractivity contribution in [3.63, 3.8) is 0 Å². The molecule has 1 aromatic rings. The molecule has 0 radical (unpaired) electrons. The summed E-state index contributed by atoms with van der Waals surface area (Å²) in [5.41, 5.74) is -0.153. The first-order valence-corrected chi connectivity index (χ1v) is 8.62. The monoisotopic (exact) mass is 335 g/mol. The van der Waals surface area contributed by atoms with Gasteiger partial charge in [0, 0.05) is 24.3 Å². The molecule has 1 saturated heterocycles. The third kappa shape index (κ3) is 3.36. The van der Waals surface area contributed by atoms with Crippen molar-refractivity contribution in [2.24, 2.45) is 0 Å². The second kappa shape index (κ2) is 5.90. The summed E-state index contributed by atoms with van der Waals surface area (Å²) >= 11 is 0. The zero-order chi connectivity index (χ0) is 15.8. The molecule has 8 heteroatoms. The van der Waals surface area contributed by atoms with Gasteiger partial charge in [0.05, 0.1) is 23.1 Å². The van der Waals surface area contributed by atoms with E-state index in [1.807, 2.05) is 0 Å². The van der Waals surface area contributed by atoms with E-state index in [0.29, 0.717) is 19.6 Å². The Bertz CT molecular complexity index is 671. The molecule has 0 aromatic heterocycles. The molecule has 1 fully saturated rings. The van der Waals surface area contributed by atoms with Gasteiger partial charge >= 0.3 is 0 Å². The molecular formula is C13H15ClFNO4S. The Kier molecular flexibility index (Phi) is 4.55. The summed E-state index contributed by atoms with van der Waals surface area (Å²) in [6, 6.07) is 1.85. The lowest BCUT2D eigenvalue weighted by Gasteiger charge is -2.23. The maximum atomic E-state index is 14.0. The van der Waals surface area contributed by atoms with Gasteiger partial charge in [-0.2, -0.15) is 0 Å². The number of hydrogen-bond donors (Lipinski definition) is 0. The van der Waals surface area contributed by atoms with Crippen LogP contribution in [0.4, 0.5) is 4.39 Å². The average molecular weight is 336 g/mol. The van der Waals surface area contributed by atoms with Crippen LogP contribution in [0.5, 0.6) is 0 Å². The Hall–Kier alpha value is -1.18. The van der Waals surface area contributed by atoms with E-state index < -0.39 is 20.8 Å². The fourth-order valence-corrected chi connectivity index (χ4v) is 3.46. The fourth-order valence-electron chi connectivity index (χ4n) is 2.26. The van der Waals surface area contributed by atoms with E-state index in [2.05, 4.69) is 0 Å². The van der Waals surface area contributed by atoms with Gasteiger partial charge in [-0.3, -0.25) is 4.79 Å². The van der Waals surface area contributed by atoms with E-state index in [0.717, 1.165) is 12.1 Å². The van der Waals surface area contributed by atoms with E-state index in [4.69, 9.17) is 15.4 Å². The van der Waals surface area contributed by atoms with Gasteiger partial charge in [-0.15, -0.1) is 0 Å². The van der Waals surface area contributed by atoms with Gasteiger partial charge in [-0.1, -0.05) is 0 Å². The van der Waals surface area contributed by atoms with Crippen molar-refractivity contribution in [2.45, 2.75) is 24.3 Å². The number of rotatable bonds is 3. The highest BCUT2D eigenvalue weighted by atomic mass is 35.7. The largest absolute Gasteiger partial charge is 0.379 e. The van der Waals surface area contributed by atoms with E-state index in [1.165, 1.54) is 18.9 Å². The van der Waals surface area contributed by atoms with Crippen LogP contribution in [0.3, 0.4) is 0 Å². The summed E-state index contributed by atoms with van der Waals surface area (Å²) in [7, 11) is 2.80. The lowest BCUT2D eigenvalue weighted by molar-refractivity contribution is 0.0706. The molecule has 1 aliphatic rings. The molecule has 2 rings (SSSR count). The van der Waals surface area contributed by atoms with Gasteiger partial charge < -0.3 is 9.64 Å². The first kappa shape index (κ1) is 16.2. The van der Waals surface area contributed by atoms with Crippen molar-refractivity contribution < 1.29 is 22.3 Å². The SMILES string of the molecule is Cc1cc(F)c(C(=O)N(C)C2CCOC2)cc1S(=O)(=O)Cl. The van der Waals surface area contributed by atoms with Crippen LogP contribution in [-0.4, -0.2) is 45.5 Å². The summed E-state index contributed by atoms with van der Waals surface area (Å²) in [6.45, 7) is 2.34. The predicted octanol–water partition coefficient (Wildman–Crippen LogP) is 1.92. The second-order valence-electron chi connectivity index (χ2n) is 4.97. The molecule has 1 aliphatic heterocycles. The minimum absolute atomic E-state index is 0.144. The molecule has 21 heavy (non-hydrogen) atoms. The van der Waals surface area contributed by atoms with Gasteiger partial charge in [-0.25, -0.2) is 12.8 Å². The Morgan fingerprint density at radius 1 is 1.48 bits per heavy atom. The quantitative estimate of drug-likeness (QED) is 0.792. The molecule has 0 spiro atoms. The van der Waals surface area contributed by atoms with Crippen LogP contribution < -0.4 is 0 Å². The molecule has 0 aliphatic carbocycles. The number of carbonyl (C=O) groups excluding carboxylic acids is 1. The van der Waals surface area contributed by atoms with E-state index in [9.17, 15) is 17.6 Å². The highest BCUT2D eigenvalue weighted by Crippen LogP contribution is 2.25. The topological polar surface area (TPSA) is 63.7 Å². The van der Waals surface area contributed by atoms with Crippen molar-refractivity contribution in [1.82, 2.24) is 4.90 Å². The molecule has 0 saturated carbocycles. The molecule has 1 heterocycles. The molecule has 1 amide bonds. The number of hydrogen-bond acceptors (Lipinski definition) is 4. The maximum Gasteiger partial charge on any atom is 0.261 e. The molecule has 0 bridgehead atoms. The molecule has 1 atom stereocenters. The number of amides is 1. The van der Waals surface area contributed by atoms with E-state index in [-0.39, 0.29) is 22.1 Å². The van der Waals surface area contributed by atoms with Crippen molar-refractivity contribution in [1.29, 1.82) is 0 Å². The predicted molar refractivity (Wildman–Crippen MR) is 75.5 cm³/mol. The zero-order valence-electron chi connectivity index (χ0n) is 11.6. The number of likely N-dealkylation sites (N-methyl/N-ethyl adjacent to an activating group) is 1. The average Bonchev–Trinajstić information content (AvgIpc) is 2.89. The minimum Gasteiger partial charge on any atom is -0.379 e. The summed E-state index contributed by atoms with van der Waals surface area (Å²) < 4.78 is 42.1. The molecule has 0 N–H and O–H groups in total. The third-order valence-corrected chi connectivity index (χ3v) is 5.00. The minimum atomic E-state index is -4.04. The van der Waals surface area contributed by atoms with Crippen molar-refractivity contribution >= 4 is 25.6 Å². The lowest BCUT2D eigenvalue weighted by Crippen LogP contribution is -2.37. The van der Waals surface area contributed by atoms with Crippen LogP contribution >= 0.6 is 10.7 Å². The Balaban J connectivity index is 2.41. The molecular weight excluding hydrogens is 321 g/mol. The lowest BCUT2D eigenvalue weighted by atomic mass is 10.1. The van der Waals surface area contributed by atoms with Crippen molar-refractivity contribution in [3.8, 4) is 0 Å². The van der Waals surface area contributed by atoms with Crippen LogP contribution in [0.25, 0.3) is 0 Å². The second-order valence-corrected chi connectivity index (χ2v) is 7.50. The smallest absolute Gasteiger partial charge is 0.261 e. The number of aryl methyl sites for hydroxylation is 1. The normalized spacial score (nSPS) is 18.8. The van der Waals surface area contributed by atoms with Crippen LogP contribution in [0.15, 0.2) is 17.0 Å². The fraction of sp³-hybridized carbons (Fsp3) is 0.462. The summed E-state index contributed by atoms with van der Waals surface area (Å²) in [4.78, 5) is 13.4. The van der Waals surface area contributed by atoms with Crippen LogP contribution in [0, 0.1) is 12.7 Å². The highest BCUT2D eigenvalue weighted by molar-refractivity contribution is 8.13. The zero-order valence-corrected chi connectivity index (χ0v) is 13.2. The first-order chi connectivity index (χ1) is 9.71.